The van der Waals surface area contributed by atoms with Crippen molar-refractivity contribution in [1.29, 1.82) is 0 Å². The van der Waals surface area contributed by atoms with Crippen molar-refractivity contribution in [3.63, 3.8) is 0 Å². The lowest BCUT2D eigenvalue weighted by Crippen LogP contribution is -2.21. The maximum Gasteiger partial charge on any atom is 0.306 e. The van der Waals surface area contributed by atoms with Crippen molar-refractivity contribution < 1.29 is 19.1 Å². The Balaban J connectivity index is 3.57. The van der Waals surface area contributed by atoms with Crippen LogP contribution in [0.1, 0.15) is 104 Å². The molecule has 4 nitrogen and oxygen atoms in total. The molecule has 0 aromatic heterocycles. The minimum absolute atomic E-state index is 0.108. The molecule has 0 fully saturated rings. The van der Waals surface area contributed by atoms with E-state index in [0.717, 1.165) is 32.1 Å². The quantitative estimate of drug-likeness (QED) is 0.162. The molecule has 2 atom stereocenters. The van der Waals surface area contributed by atoms with Gasteiger partial charge >= 0.3 is 5.97 Å². The first-order valence-corrected chi connectivity index (χ1v) is 10.9. The Labute approximate surface area is 167 Å². The topological polar surface area (TPSA) is 52.6 Å². The smallest absolute Gasteiger partial charge is 0.306 e. The van der Waals surface area contributed by atoms with Gasteiger partial charge in [0.25, 0.3) is 0 Å². The van der Waals surface area contributed by atoms with Gasteiger partial charge in [-0.25, -0.2) is 0 Å². The molecule has 0 bridgehead atoms. The summed E-state index contributed by atoms with van der Waals surface area (Å²) in [6.45, 7) is 5.30. The first-order valence-electron chi connectivity index (χ1n) is 10.9. The van der Waals surface area contributed by atoms with Crippen molar-refractivity contribution >= 4 is 11.8 Å². The second-order valence-corrected chi connectivity index (χ2v) is 7.45. The largest absolute Gasteiger partial charge is 0.455 e. The van der Waals surface area contributed by atoms with Gasteiger partial charge in [0, 0.05) is 13.5 Å². The molecule has 0 saturated carbocycles. The van der Waals surface area contributed by atoms with Gasteiger partial charge in [-0.1, -0.05) is 70.4 Å². The van der Waals surface area contributed by atoms with Crippen LogP contribution in [0.3, 0.4) is 0 Å². The fourth-order valence-corrected chi connectivity index (χ4v) is 2.89. The van der Waals surface area contributed by atoms with Crippen LogP contribution in [0.15, 0.2) is 12.2 Å². The van der Waals surface area contributed by atoms with Crippen molar-refractivity contribution in [3.8, 4) is 0 Å². The SMILES string of the molecule is CCCCCCCC(/C=C\CCCCCCCC(=O)OC(C)C(C)=O)OC. The van der Waals surface area contributed by atoms with Gasteiger partial charge in [-0.15, -0.1) is 0 Å². The Morgan fingerprint density at radius 2 is 1.56 bits per heavy atom. The van der Waals surface area contributed by atoms with Gasteiger partial charge in [-0.2, -0.15) is 0 Å². The molecule has 0 saturated heterocycles. The number of methoxy groups -OCH3 is 1. The predicted molar refractivity (Wildman–Crippen MR) is 112 cm³/mol. The monoisotopic (exact) mass is 382 g/mol. The number of unbranched alkanes of at least 4 members (excludes halogenated alkanes) is 9. The molecule has 0 amide bonds. The highest BCUT2D eigenvalue weighted by Crippen LogP contribution is 2.12. The average Bonchev–Trinajstić information content (AvgIpc) is 2.64. The van der Waals surface area contributed by atoms with E-state index < -0.39 is 6.10 Å². The van der Waals surface area contributed by atoms with E-state index >= 15 is 0 Å². The third-order valence-corrected chi connectivity index (χ3v) is 4.88. The predicted octanol–water partition coefficient (Wildman–Crippen LogP) is 6.17. The van der Waals surface area contributed by atoms with E-state index in [-0.39, 0.29) is 17.9 Å². The number of ether oxygens (including phenoxy) is 2. The van der Waals surface area contributed by atoms with Gasteiger partial charge in [0.2, 0.25) is 0 Å². The summed E-state index contributed by atoms with van der Waals surface area (Å²) in [5, 5.41) is 0. The lowest BCUT2D eigenvalue weighted by atomic mass is 10.1. The van der Waals surface area contributed by atoms with Crippen LogP contribution < -0.4 is 0 Å². The van der Waals surface area contributed by atoms with Crippen LogP contribution in [-0.4, -0.2) is 31.1 Å². The van der Waals surface area contributed by atoms with Crippen molar-refractivity contribution in [1.82, 2.24) is 0 Å². The Morgan fingerprint density at radius 1 is 0.926 bits per heavy atom. The Hall–Kier alpha value is -1.16. The maximum atomic E-state index is 11.6. The highest BCUT2D eigenvalue weighted by atomic mass is 16.5. The molecule has 0 aromatic rings. The summed E-state index contributed by atoms with van der Waals surface area (Å²) in [6, 6.07) is 0. The lowest BCUT2D eigenvalue weighted by Gasteiger charge is -2.10. The van der Waals surface area contributed by atoms with Crippen molar-refractivity contribution in [2.45, 2.75) is 116 Å². The van der Waals surface area contributed by atoms with Crippen molar-refractivity contribution in [2.75, 3.05) is 7.11 Å². The number of allylic oxidation sites excluding steroid dienone is 1. The van der Waals surface area contributed by atoms with E-state index in [1.54, 1.807) is 14.0 Å². The molecule has 0 aliphatic heterocycles. The zero-order chi connectivity index (χ0) is 20.3. The number of carbonyl (C=O) groups excluding carboxylic acids is 2. The molecule has 2 unspecified atom stereocenters. The number of Topliss-reactive ketones (excluding diaryl/α,β-unsaturated/α-hetero) is 1. The molecule has 0 aliphatic rings. The van der Waals surface area contributed by atoms with E-state index in [2.05, 4.69) is 19.1 Å². The molecule has 158 valence electrons. The maximum absolute atomic E-state index is 11.6. The molecule has 0 heterocycles. The number of hydrogen-bond acceptors (Lipinski definition) is 4. The molecular formula is C23H42O4. The third kappa shape index (κ3) is 16.7. The molecule has 0 rings (SSSR count). The third-order valence-electron chi connectivity index (χ3n) is 4.88. The van der Waals surface area contributed by atoms with E-state index in [9.17, 15) is 9.59 Å². The normalized spacial score (nSPS) is 13.6. The van der Waals surface area contributed by atoms with Crippen LogP contribution in [-0.2, 0) is 19.1 Å². The zero-order valence-electron chi connectivity index (χ0n) is 18.1. The van der Waals surface area contributed by atoms with Crippen molar-refractivity contribution in [2.24, 2.45) is 0 Å². The minimum atomic E-state index is -0.614. The summed E-state index contributed by atoms with van der Waals surface area (Å²) in [6.07, 6.45) is 18.6. The molecule has 0 spiro atoms. The van der Waals surface area contributed by atoms with Gasteiger partial charge in [0.05, 0.1) is 6.10 Å². The number of carbonyl (C=O) groups is 2. The van der Waals surface area contributed by atoms with E-state index in [1.165, 1.54) is 51.9 Å². The first-order chi connectivity index (χ1) is 13.0. The standard InChI is InChI=1S/C23H42O4/c1-5-6-7-11-14-17-22(26-4)18-15-12-9-8-10-13-16-19-23(25)27-21(3)20(2)24/h15,18,21-22H,5-14,16-17,19H2,1-4H3/b18-15-. The second-order valence-electron chi connectivity index (χ2n) is 7.45. The molecule has 27 heavy (non-hydrogen) atoms. The van der Waals surface area contributed by atoms with E-state index in [0.29, 0.717) is 6.42 Å². The number of hydrogen-bond donors (Lipinski definition) is 0. The summed E-state index contributed by atoms with van der Waals surface area (Å²) in [7, 11) is 1.79. The molecule has 0 aromatic carbocycles. The van der Waals surface area contributed by atoms with Crippen molar-refractivity contribution in [3.05, 3.63) is 12.2 Å². The number of esters is 1. The van der Waals surface area contributed by atoms with Crippen LogP contribution in [0.25, 0.3) is 0 Å². The Kier molecular flexibility index (Phi) is 17.4. The zero-order valence-corrected chi connectivity index (χ0v) is 18.1. The molecule has 0 N–H and O–H groups in total. The molecule has 0 aliphatic carbocycles. The van der Waals surface area contributed by atoms with Gasteiger partial charge < -0.3 is 9.47 Å². The number of ketones is 1. The van der Waals surface area contributed by atoms with Gasteiger partial charge in [0.1, 0.15) is 0 Å². The van der Waals surface area contributed by atoms with E-state index in [4.69, 9.17) is 9.47 Å². The van der Waals surface area contributed by atoms with Crippen LogP contribution in [0.5, 0.6) is 0 Å². The van der Waals surface area contributed by atoms with Gasteiger partial charge in [-0.05, 0) is 39.5 Å². The minimum Gasteiger partial charge on any atom is -0.455 e. The Bertz CT molecular complexity index is 403. The summed E-state index contributed by atoms with van der Waals surface area (Å²) in [5.74, 6) is -0.371. The fourth-order valence-electron chi connectivity index (χ4n) is 2.89. The summed E-state index contributed by atoms with van der Waals surface area (Å²) in [4.78, 5) is 22.6. The van der Waals surface area contributed by atoms with Gasteiger partial charge in [0.15, 0.2) is 11.9 Å². The van der Waals surface area contributed by atoms with Gasteiger partial charge in [-0.3, -0.25) is 9.59 Å². The lowest BCUT2D eigenvalue weighted by molar-refractivity contribution is -0.153. The second kappa shape index (κ2) is 18.2. The summed E-state index contributed by atoms with van der Waals surface area (Å²) >= 11 is 0. The molecule has 4 heteroatoms. The summed E-state index contributed by atoms with van der Waals surface area (Å²) < 4.78 is 10.6. The summed E-state index contributed by atoms with van der Waals surface area (Å²) in [5.41, 5.74) is 0. The Morgan fingerprint density at radius 3 is 2.22 bits per heavy atom. The van der Waals surface area contributed by atoms with Crippen LogP contribution >= 0.6 is 0 Å². The highest BCUT2D eigenvalue weighted by molar-refractivity contribution is 5.83. The van der Waals surface area contributed by atoms with E-state index in [1.807, 2.05) is 0 Å². The molecule has 0 radical (unpaired) electrons. The van der Waals surface area contributed by atoms with Crippen LogP contribution in [0, 0.1) is 0 Å². The fraction of sp³-hybridized carbons (Fsp3) is 0.826. The van der Waals surface area contributed by atoms with Crippen LogP contribution in [0.4, 0.5) is 0 Å². The molecular weight excluding hydrogens is 340 g/mol. The van der Waals surface area contributed by atoms with Crippen LogP contribution in [0.2, 0.25) is 0 Å². The first kappa shape index (κ1) is 25.8. The highest BCUT2D eigenvalue weighted by Gasteiger charge is 2.12. The number of rotatable bonds is 18. The average molecular weight is 383 g/mol.